The van der Waals surface area contributed by atoms with E-state index in [0.717, 1.165) is 17.5 Å². The Bertz CT molecular complexity index is 563. The molecule has 5 N–H and O–H groups in total. The first kappa shape index (κ1) is 20.0. The van der Waals surface area contributed by atoms with Gasteiger partial charge in [0.2, 0.25) is 0 Å². The van der Waals surface area contributed by atoms with Gasteiger partial charge < -0.3 is 30.5 Å². The molecule has 1 aliphatic heterocycles. The molecule has 24 heavy (non-hydrogen) atoms. The van der Waals surface area contributed by atoms with Crippen molar-refractivity contribution in [1.29, 1.82) is 0 Å². The third-order valence-electron chi connectivity index (χ3n) is 3.35. The molecule has 8 nitrogen and oxygen atoms in total. The Kier molecular flexibility index (Phi) is 7.72. The Morgan fingerprint density at radius 3 is 2.38 bits per heavy atom. The quantitative estimate of drug-likeness (QED) is 0.483. The van der Waals surface area contributed by atoms with Crippen LogP contribution in [0.5, 0.6) is 0 Å². The van der Waals surface area contributed by atoms with E-state index in [-0.39, 0.29) is 11.9 Å². The molecule has 1 aliphatic rings. The van der Waals surface area contributed by atoms with Gasteiger partial charge in [0.15, 0.2) is 12.2 Å². The molecule has 9 heteroatoms. The summed E-state index contributed by atoms with van der Waals surface area (Å²) in [6.07, 6.45) is -3.85. The van der Waals surface area contributed by atoms with Crippen LogP contribution >= 0.6 is 0 Å². The SMILES string of the molecule is CNCC1OCCc2cccc(F)c21.O=C(O)C(O)C(O)C(=O)O. The summed E-state index contributed by atoms with van der Waals surface area (Å²) < 4.78 is 19.1. The van der Waals surface area contributed by atoms with Crippen molar-refractivity contribution in [2.24, 2.45) is 0 Å². The van der Waals surface area contributed by atoms with E-state index in [1.807, 2.05) is 13.1 Å². The summed E-state index contributed by atoms with van der Waals surface area (Å²) in [6.45, 7) is 1.34. The van der Waals surface area contributed by atoms with Crippen molar-refractivity contribution in [3.8, 4) is 0 Å². The summed E-state index contributed by atoms with van der Waals surface area (Å²) in [5, 5.41) is 35.5. The lowest BCUT2D eigenvalue weighted by Gasteiger charge is -2.26. The number of halogens is 1. The van der Waals surface area contributed by atoms with Crippen molar-refractivity contribution in [1.82, 2.24) is 5.32 Å². The largest absolute Gasteiger partial charge is 0.479 e. The summed E-state index contributed by atoms with van der Waals surface area (Å²) in [5.74, 6) is -3.69. The summed E-state index contributed by atoms with van der Waals surface area (Å²) in [5.41, 5.74) is 1.81. The standard InChI is InChI=1S/C11H14FNO.C4H6O6/c1-13-7-10-11-8(5-6-14-10)3-2-4-9(11)12;5-1(3(7)8)2(6)4(9)10/h2-4,10,13H,5-7H2,1H3;1-2,5-6H,(H,7,8)(H,9,10). The molecule has 3 unspecified atom stereocenters. The molecule has 0 fully saturated rings. The van der Waals surface area contributed by atoms with Gasteiger partial charge in [0.25, 0.3) is 0 Å². The number of hydrogen-bond acceptors (Lipinski definition) is 6. The minimum atomic E-state index is -2.27. The summed E-state index contributed by atoms with van der Waals surface area (Å²) in [4.78, 5) is 19.5. The highest BCUT2D eigenvalue weighted by Crippen LogP contribution is 2.28. The van der Waals surface area contributed by atoms with Gasteiger partial charge in [-0.25, -0.2) is 14.0 Å². The van der Waals surface area contributed by atoms with Crippen molar-refractivity contribution in [2.75, 3.05) is 20.2 Å². The van der Waals surface area contributed by atoms with Crippen molar-refractivity contribution < 1.29 is 39.1 Å². The number of ether oxygens (including phenoxy) is 1. The molecule has 0 radical (unpaired) electrons. The highest BCUT2D eigenvalue weighted by Gasteiger charge is 2.29. The van der Waals surface area contributed by atoms with Gasteiger partial charge in [0.1, 0.15) is 5.82 Å². The van der Waals surface area contributed by atoms with Gasteiger partial charge >= 0.3 is 11.9 Å². The van der Waals surface area contributed by atoms with Crippen molar-refractivity contribution in [3.05, 3.63) is 35.1 Å². The Morgan fingerprint density at radius 2 is 1.88 bits per heavy atom. The zero-order valence-electron chi connectivity index (χ0n) is 13.0. The number of carboxylic acids is 2. The Hall–Kier alpha value is -2.07. The van der Waals surface area contributed by atoms with Crippen LogP contribution in [0.15, 0.2) is 18.2 Å². The molecule has 1 aromatic rings. The molecule has 0 saturated heterocycles. The molecule has 0 saturated carbocycles. The van der Waals surface area contributed by atoms with E-state index in [1.54, 1.807) is 6.07 Å². The van der Waals surface area contributed by atoms with Gasteiger partial charge in [-0.15, -0.1) is 0 Å². The first-order valence-corrected chi connectivity index (χ1v) is 7.14. The zero-order valence-corrected chi connectivity index (χ0v) is 13.0. The normalized spacial score (nSPS) is 18.6. The van der Waals surface area contributed by atoms with E-state index < -0.39 is 24.1 Å². The second-order valence-corrected chi connectivity index (χ2v) is 5.05. The number of carbonyl (C=O) groups is 2. The first-order chi connectivity index (χ1) is 11.3. The van der Waals surface area contributed by atoms with Crippen molar-refractivity contribution in [2.45, 2.75) is 24.7 Å². The summed E-state index contributed by atoms with van der Waals surface area (Å²) >= 11 is 0. The topological polar surface area (TPSA) is 136 Å². The van der Waals surface area contributed by atoms with Gasteiger partial charge in [0, 0.05) is 12.1 Å². The summed E-state index contributed by atoms with van der Waals surface area (Å²) in [6, 6.07) is 5.23. The molecule has 1 heterocycles. The average Bonchev–Trinajstić information content (AvgIpc) is 2.54. The number of nitrogens with one attached hydrogen (secondary N) is 1. The lowest BCUT2D eigenvalue weighted by atomic mass is 9.97. The highest BCUT2D eigenvalue weighted by molar-refractivity contribution is 5.83. The van der Waals surface area contributed by atoms with E-state index in [1.165, 1.54) is 6.07 Å². The number of rotatable bonds is 5. The first-order valence-electron chi connectivity index (χ1n) is 7.14. The minimum absolute atomic E-state index is 0.134. The summed E-state index contributed by atoms with van der Waals surface area (Å²) in [7, 11) is 1.85. The molecule has 0 amide bonds. The number of aliphatic hydroxyl groups excluding tert-OH is 2. The number of hydrogen-bond donors (Lipinski definition) is 5. The lowest BCUT2D eigenvalue weighted by molar-refractivity contribution is -0.165. The van der Waals surface area contributed by atoms with Crippen LogP contribution in [0.1, 0.15) is 17.2 Å². The van der Waals surface area contributed by atoms with Gasteiger partial charge in [-0.3, -0.25) is 0 Å². The Balaban J connectivity index is 0.000000257. The fraction of sp³-hybridized carbons (Fsp3) is 0.467. The number of fused-ring (bicyclic) bond motifs is 1. The van der Waals surface area contributed by atoms with Crippen molar-refractivity contribution in [3.63, 3.8) is 0 Å². The van der Waals surface area contributed by atoms with E-state index in [9.17, 15) is 14.0 Å². The van der Waals surface area contributed by atoms with Crippen LogP contribution in [0.25, 0.3) is 0 Å². The predicted molar refractivity (Wildman–Crippen MR) is 80.0 cm³/mol. The third-order valence-corrected chi connectivity index (χ3v) is 3.35. The monoisotopic (exact) mass is 345 g/mol. The maximum Gasteiger partial charge on any atom is 0.335 e. The van der Waals surface area contributed by atoms with Crippen LogP contribution in [-0.4, -0.2) is 64.8 Å². The molecular weight excluding hydrogens is 325 g/mol. The second-order valence-electron chi connectivity index (χ2n) is 5.05. The Labute approximate surface area is 137 Å². The average molecular weight is 345 g/mol. The number of aliphatic carboxylic acids is 2. The van der Waals surface area contributed by atoms with E-state index >= 15 is 0 Å². The maximum absolute atomic E-state index is 13.5. The van der Waals surface area contributed by atoms with Gasteiger partial charge in [0.05, 0.1) is 12.7 Å². The number of carboxylic acid groups (broad SMARTS) is 2. The smallest absolute Gasteiger partial charge is 0.335 e. The van der Waals surface area contributed by atoms with Crippen LogP contribution in [0.4, 0.5) is 4.39 Å². The number of benzene rings is 1. The second kappa shape index (κ2) is 9.28. The van der Waals surface area contributed by atoms with Crippen LogP contribution in [0, 0.1) is 5.82 Å². The molecule has 0 bridgehead atoms. The van der Waals surface area contributed by atoms with Gasteiger partial charge in [-0.2, -0.15) is 0 Å². The van der Waals surface area contributed by atoms with Crippen LogP contribution in [-0.2, 0) is 20.7 Å². The predicted octanol–water partition coefficient (Wildman–Crippen LogP) is -0.464. The fourth-order valence-corrected chi connectivity index (χ4v) is 2.17. The molecule has 0 aliphatic carbocycles. The zero-order chi connectivity index (χ0) is 18.3. The van der Waals surface area contributed by atoms with E-state index in [4.69, 9.17) is 25.2 Å². The van der Waals surface area contributed by atoms with Gasteiger partial charge in [-0.1, -0.05) is 12.1 Å². The molecule has 0 spiro atoms. The number of aliphatic hydroxyl groups is 2. The molecular formula is C15H20FNO7. The number of likely N-dealkylation sites (N-methyl/N-ethyl adjacent to an activating group) is 1. The molecule has 0 aromatic heterocycles. The minimum Gasteiger partial charge on any atom is -0.479 e. The van der Waals surface area contributed by atoms with Crippen LogP contribution < -0.4 is 5.32 Å². The van der Waals surface area contributed by atoms with Crippen LogP contribution in [0.2, 0.25) is 0 Å². The fourth-order valence-electron chi connectivity index (χ4n) is 2.17. The lowest BCUT2D eigenvalue weighted by Crippen LogP contribution is -2.39. The van der Waals surface area contributed by atoms with Crippen LogP contribution in [0.3, 0.4) is 0 Å². The molecule has 2 rings (SSSR count). The molecule has 1 aromatic carbocycles. The third kappa shape index (κ3) is 5.24. The molecule has 134 valence electrons. The molecule has 3 atom stereocenters. The highest BCUT2D eigenvalue weighted by atomic mass is 19.1. The van der Waals surface area contributed by atoms with Crippen molar-refractivity contribution >= 4 is 11.9 Å². The Morgan fingerprint density at radius 1 is 1.29 bits per heavy atom. The van der Waals surface area contributed by atoms with E-state index in [2.05, 4.69) is 5.32 Å². The van der Waals surface area contributed by atoms with Gasteiger partial charge in [-0.05, 0) is 25.1 Å². The maximum atomic E-state index is 13.5. The van der Waals surface area contributed by atoms with E-state index in [0.29, 0.717) is 13.2 Å².